The molecule has 7 N–H and O–H groups in total. The zero-order valence-electron chi connectivity index (χ0n) is 16.2. The molecule has 0 bridgehead atoms. The van der Waals surface area contributed by atoms with Gasteiger partial charge in [0.05, 0.1) is 12.1 Å². The molecule has 4 atom stereocenters. The maximum Gasteiger partial charge on any atom is 0.245 e. The van der Waals surface area contributed by atoms with E-state index in [1.807, 2.05) is 0 Å². The number of aliphatic hydroxyl groups excluding tert-OH is 1. The van der Waals surface area contributed by atoms with Crippen molar-refractivity contribution in [3.63, 3.8) is 0 Å². The van der Waals surface area contributed by atoms with Crippen LogP contribution in [0.25, 0.3) is 0 Å². The summed E-state index contributed by atoms with van der Waals surface area (Å²) in [7, 11) is 0. The third-order valence-electron chi connectivity index (χ3n) is 4.42. The Morgan fingerprint density at radius 2 is 1.79 bits per heavy atom. The van der Waals surface area contributed by atoms with Gasteiger partial charge in [-0.05, 0) is 44.9 Å². The Morgan fingerprint density at radius 3 is 2.29 bits per heavy atom. The summed E-state index contributed by atoms with van der Waals surface area (Å²) in [6.45, 7) is 2.70. The highest BCUT2D eigenvalue weighted by Gasteiger charge is 2.30. The van der Waals surface area contributed by atoms with Crippen molar-refractivity contribution in [3.8, 4) is 0 Å². The van der Waals surface area contributed by atoms with E-state index in [-0.39, 0.29) is 31.7 Å². The Hall–Kier alpha value is -2.36. The normalized spacial score (nSPS) is 15.2. The number of hydrogen-bond acceptors (Lipinski definition) is 6. The van der Waals surface area contributed by atoms with E-state index < -0.39 is 41.7 Å². The molecule has 0 spiro atoms. The zero-order valence-corrected chi connectivity index (χ0v) is 16.2. The highest BCUT2D eigenvalue weighted by molar-refractivity contribution is 5.92. The number of carbonyl (C=O) groups is 3. The first-order chi connectivity index (χ1) is 13.2. The lowest BCUT2D eigenvalue weighted by Gasteiger charge is -2.25. The fraction of sp³-hybridized carbons (Fsp3) is 0.526. The molecule has 0 radical (unpaired) electrons. The maximum absolute atomic E-state index is 13.9. The first-order valence-corrected chi connectivity index (χ1v) is 9.14. The van der Waals surface area contributed by atoms with Crippen molar-refractivity contribution in [1.29, 1.82) is 0 Å². The molecular formula is C19H29FN4O4. The lowest BCUT2D eigenvalue weighted by atomic mass is 9.94. The minimum absolute atomic E-state index is 0.0999. The predicted octanol–water partition coefficient (Wildman–Crippen LogP) is -0.769. The molecule has 0 aliphatic carbocycles. The molecule has 8 nitrogen and oxygen atoms in total. The second-order valence-corrected chi connectivity index (χ2v) is 6.70. The topological polar surface area (TPSA) is 148 Å². The molecule has 1 aromatic carbocycles. The van der Waals surface area contributed by atoms with Gasteiger partial charge in [0.2, 0.25) is 11.8 Å². The van der Waals surface area contributed by atoms with Crippen LogP contribution in [0.2, 0.25) is 0 Å². The van der Waals surface area contributed by atoms with Gasteiger partial charge in [-0.15, -0.1) is 0 Å². The van der Waals surface area contributed by atoms with Crippen LogP contribution in [-0.2, 0) is 20.8 Å². The van der Waals surface area contributed by atoms with Crippen molar-refractivity contribution in [2.75, 3.05) is 13.1 Å². The average Bonchev–Trinajstić information content (AvgIpc) is 2.64. The molecule has 2 unspecified atom stereocenters. The number of aliphatic hydroxyl groups is 1. The van der Waals surface area contributed by atoms with Crippen molar-refractivity contribution in [2.24, 2.45) is 17.4 Å². The quantitative estimate of drug-likeness (QED) is 0.332. The van der Waals surface area contributed by atoms with Crippen LogP contribution >= 0.6 is 0 Å². The van der Waals surface area contributed by atoms with Crippen LogP contribution in [-0.4, -0.2) is 54.0 Å². The first-order valence-electron chi connectivity index (χ1n) is 9.14. The van der Waals surface area contributed by atoms with Crippen LogP contribution in [0.5, 0.6) is 0 Å². The van der Waals surface area contributed by atoms with Crippen LogP contribution in [0.3, 0.4) is 0 Å². The van der Waals surface area contributed by atoms with Gasteiger partial charge < -0.3 is 27.2 Å². The smallest absolute Gasteiger partial charge is 0.245 e. The van der Waals surface area contributed by atoms with Gasteiger partial charge in [-0.1, -0.05) is 18.2 Å². The summed E-state index contributed by atoms with van der Waals surface area (Å²) in [5, 5.41) is 14.8. The Kier molecular flexibility index (Phi) is 9.70. The van der Waals surface area contributed by atoms with Crippen molar-refractivity contribution in [3.05, 3.63) is 35.6 Å². The number of benzene rings is 1. The zero-order chi connectivity index (χ0) is 21.3. The number of hydrogen-bond donors (Lipinski definition) is 5. The van der Waals surface area contributed by atoms with E-state index >= 15 is 0 Å². The van der Waals surface area contributed by atoms with E-state index in [4.69, 9.17) is 11.5 Å². The van der Waals surface area contributed by atoms with E-state index in [9.17, 15) is 23.9 Å². The summed E-state index contributed by atoms with van der Waals surface area (Å²) < 4.78 is 13.9. The van der Waals surface area contributed by atoms with Gasteiger partial charge in [0.15, 0.2) is 5.78 Å². The minimum atomic E-state index is -1.29. The summed E-state index contributed by atoms with van der Waals surface area (Å²) in [5.41, 5.74) is 11.4. The number of nitrogens with two attached hydrogens (primary N) is 2. The fourth-order valence-electron chi connectivity index (χ4n) is 2.72. The molecule has 0 aromatic heterocycles. The van der Waals surface area contributed by atoms with E-state index in [0.717, 1.165) is 0 Å². The molecule has 9 heteroatoms. The summed E-state index contributed by atoms with van der Waals surface area (Å²) in [6, 6.07) is 3.88. The van der Waals surface area contributed by atoms with Gasteiger partial charge in [-0.3, -0.25) is 14.4 Å². The van der Waals surface area contributed by atoms with Gasteiger partial charge in [0.1, 0.15) is 11.9 Å². The number of rotatable bonds is 11. The number of nitrogens with one attached hydrogen (secondary N) is 2. The monoisotopic (exact) mass is 396 g/mol. The lowest BCUT2D eigenvalue weighted by Crippen LogP contribution is -2.57. The average molecular weight is 396 g/mol. The summed E-state index contributed by atoms with van der Waals surface area (Å²) in [5.74, 6) is -2.73. The van der Waals surface area contributed by atoms with Crippen LogP contribution in [0, 0.1) is 11.7 Å². The number of halogens is 1. The Bertz CT molecular complexity index is 684. The standard InChI is InChI=1S/C19H29FN4O4/c1-11(25)16(10-22)23-19(28)17(12(2)26)24-18(27)14(7-8-21)9-13-5-3-4-6-15(13)20/h3-6,12,14,16-17,26H,7-10,21-22H2,1-2H3,(H,23,28)(H,24,27)/t12?,14?,16-,17-/m0/s1. The number of amides is 2. The third-order valence-corrected chi connectivity index (χ3v) is 4.42. The minimum Gasteiger partial charge on any atom is -0.391 e. The van der Waals surface area contributed by atoms with E-state index in [0.29, 0.717) is 5.56 Å². The van der Waals surface area contributed by atoms with Crippen molar-refractivity contribution >= 4 is 17.6 Å². The van der Waals surface area contributed by atoms with Crippen LogP contribution < -0.4 is 22.1 Å². The fourth-order valence-corrected chi connectivity index (χ4v) is 2.72. The van der Waals surface area contributed by atoms with Gasteiger partial charge in [-0.25, -0.2) is 4.39 Å². The van der Waals surface area contributed by atoms with E-state index in [2.05, 4.69) is 10.6 Å². The molecule has 0 saturated carbocycles. The summed E-state index contributed by atoms with van der Waals surface area (Å²) in [4.78, 5) is 36.6. The summed E-state index contributed by atoms with van der Waals surface area (Å²) >= 11 is 0. The second-order valence-electron chi connectivity index (χ2n) is 6.70. The molecular weight excluding hydrogens is 367 g/mol. The molecule has 0 heterocycles. The van der Waals surface area contributed by atoms with Gasteiger partial charge in [-0.2, -0.15) is 0 Å². The molecule has 2 amide bonds. The van der Waals surface area contributed by atoms with E-state index in [1.165, 1.54) is 19.9 Å². The molecule has 0 aliphatic heterocycles. The van der Waals surface area contributed by atoms with Crippen LogP contribution in [0.1, 0.15) is 25.8 Å². The van der Waals surface area contributed by atoms with Gasteiger partial charge >= 0.3 is 0 Å². The largest absolute Gasteiger partial charge is 0.391 e. The van der Waals surface area contributed by atoms with Crippen molar-refractivity contribution in [1.82, 2.24) is 10.6 Å². The van der Waals surface area contributed by atoms with Crippen LogP contribution in [0.15, 0.2) is 24.3 Å². The second kappa shape index (κ2) is 11.5. The molecule has 0 aliphatic rings. The molecule has 0 fully saturated rings. The predicted molar refractivity (Wildman–Crippen MR) is 103 cm³/mol. The first kappa shape index (κ1) is 23.7. The number of Topliss-reactive ketones (excluding diaryl/α,β-unsaturated/α-hetero) is 1. The molecule has 1 aromatic rings. The Labute approximate surface area is 163 Å². The lowest BCUT2D eigenvalue weighted by molar-refractivity contribution is -0.135. The Balaban J connectivity index is 2.90. The van der Waals surface area contributed by atoms with Gasteiger partial charge in [0, 0.05) is 12.5 Å². The number of ketones is 1. The molecule has 0 saturated heterocycles. The molecule has 28 heavy (non-hydrogen) atoms. The molecule has 156 valence electrons. The summed E-state index contributed by atoms with van der Waals surface area (Å²) in [6.07, 6.45) is -0.850. The van der Waals surface area contributed by atoms with Gasteiger partial charge in [0.25, 0.3) is 0 Å². The van der Waals surface area contributed by atoms with Crippen molar-refractivity contribution in [2.45, 2.75) is 44.9 Å². The molecule has 1 rings (SSSR count). The van der Waals surface area contributed by atoms with E-state index in [1.54, 1.807) is 18.2 Å². The Morgan fingerprint density at radius 1 is 1.14 bits per heavy atom. The van der Waals surface area contributed by atoms with Crippen molar-refractivity contribution < 1.29 is 23.9 Å². The maximum atomic E-state index is 13.9. The van der Waals surface area contributed by atoms with Crippen LogP contribution in [0.4, 0.5) is 4.39 Å². The highest BCUT2D eigenvalue weighted by atomic mass is 19.1. The number of carbonyl (C=O) groups excluding carboxylic acids is 3. The highest BCUT2D eigenvalue weighted by Crippen LogP contribution is 2.16. The SMILES string of the molecule is CC(=O)[C@H](CN)NC(=O)[C@@H](NC(=O)C(CCN)Cc1ccccc1F)C(C)O. The third kappa shape index (κ3) is 6.99.